The Morgan fingerprint density at radius 2 is 1.84 bits per heavy atom. The Morgan fingerprint density at radius 1 is 1.16 bits per heavy atom. The minimum Gasteiger partial charge on any atom is -0.309 e. The Balaban J connectivity index is 2.27. The minimum absolute atomic E-state index is 0.435. The molecule has 0 aliphatic carbocycles. The maximum Gasteiger partial charge on any atom is 0.0455 e. The first-order chi connectivity index (χ1) is 9.11. The third kappa shape index (κ3) is 3.46. The maximum atomic E-state index is 3.61. The Morgan fingerprint density at radius 3 is 2.37 bits per heavy atom. The minimum atomic E-state index is 0.435. The summed E-state index contributed by atoms with van der Waals surface area (Å²) < 4.78 is 0. The van der Waals surface area contributed by atoms with Crippen LogP contribution >= 0.6 is 11.3 Å². The van der Waals surface area contributed by atoms with E-state index >= 15 is 0 Å². The predicted molar refractivity (Wildman–Crippen MR) is 85.1 cm³/mol. The number of likely N-dealkylation sites (N-methyl/N-ethyl adjacent to an activating group) is 1. The van der Waals surface area contributed by atoms with Crippen molar-refractivity contribution < 1.29 is 0 Å². The predicted octanol–water partition coefficient (Wildman–Crippen LogP) is 4.57. The summed E-state index contributed by atoms with van der Waals surface area (Å²) in [5, 5.41) is 5.77. The van der Waals surface area contributed by atoms with Crippen molar-refractivity contribution in [3.8, 4) is 0 Å². The first kappa shape index (κ1) is 14.3. The maximum absolute atomic E-state index is 3.61. The van der Waals surface area contributed by atoms with E-state index in [-0.39, 0.29) is 0 Å². The fraction of sp³-hybridized carbons (Fsp3) is 0.412. The molecule has 1 aromatic heterocycles. The van der Waals surface area contributed by atoms with Gasteiger partial charge in [0.2, 0.25) is 0 Å². The quantitative estimate of drug-likeness (QED) is 0.841. The van der Waals surface area contributed by atoms with Gasteiger partial charge < -0.3 is 5.32 Å². The molecule has 0 saturated heterocycles. The molecule has 102 valence electrons. The van der Waals surface area contributed by atoms with Crippen LogP contribution in [0.5, 0.6) is 0 Å². The van der Waals surface area contributed by atoms with Crippen LogP contribution in [0.3, 0.4) is 0 Å². The van der Waals surface area contributed by atoms with Crippen molar-refractivity contribution >= 4 is 11.3 Å². The summed E-state index contributed by atoms with van der Waals surface area (Å²) in [6, 6.07) is 9.39. The SMILES string of the molecule is CCNC(Cc1c(C)cc(C)cc1C)c1cccs1. The molecule has 1 N–H and O–H groups in total. The molecule has 2 heteroatoms. The van der Waals surface area contributed by atoms with Crippen LogP contribution in [0.25, 0.3) is 0 Å². The van der Waals surface area contributed by atoms with E-state index in [2.05, 4.69) is 62.7 Å². The lowest BCUT2D eigenvalue weighted by Gasteiger charge is -2.20. The zero-order chi connectivity index (χ0) is 13.8. The second-order valence-corrected chi connectivity index (χ2v) is 6.19. The number of aryl methyl sites for hydroxylation is 3. The van der Waals surface area contributed by atoms with Crippen LogP contribution in [0.2, 0.25) is 0 Å². The van der Waals surface area contributed by atoms with E-state index in [1.807, 2.05) is 11.3 Å². The van der Waals surface area contributed by atoms with E-state index < -0.39 is 0 Å². The smallest absolute Gasteiger partial charge is 0.0455 e. The van der Waals surface area contributed by atoms with Gasteiger partial charge in [0.05, 0.1) is 0 Å². The van der Waals surface area contributed by atoms with Crippen LogP contribution in [-0.4, -0.2) is 6.54 Å². The Labute approximate surface area is 120 Å². The highest BCUT2D eigenvalue weighted by Crippen LogP contribution is 2.26. The zero-order valence-electron chi connectivity index (χ0n) is 12.3. The van der Waals surface area contributed by atoms with Crippen molar-refractivity contribution in [1.29, 1.82) is 0 Å². The van der Waals surface area contributed by atoms with Gasteiger partial charge in [0.1, 0.15) is 0 Å². The summed E-state index contributed by atoms with van der Waals surface area (Å²) in [5.41, 5.74) is 5.67. The largest absolute Gasteiger partial charge is 0.309 e. The van der Waals surface area contributed by atoms with Gasteiger partial charge in [0.15, 0.2) is 0 Å². The monoisotopic (exact) mass is 273 g/mol. The molecule has 0 amide bonds. The molecule has 0 saturated carbocycles. The van der Waals surface area contributed by atoms with Crippen LogP contribution in [-0.2, 0) is 6.42 Å². The Kier molecular flexibility index (Phi) is 4.78. The van der Waals surface area contributed by atoms with Gasteiger partial charge in [-0.25, -0.2) is 0 Å². The van der Waals surface area contributed by atoms with Crippen molar-refractivity contribution in [3.05, 3.63) is 56.8 Å². The highest BCUT2D eigenvalue weighted by atomic mass is 32.1. The molecule has 0 aliphatic rings. The number of rotatable bonds is 5. The molecular weight excluding hydrogens is 250 g/mol. The lowest BCUT2D eigenvalue weighted by Crippen LogP contribution is -2.22. The summed E-state index contributed by atoms with van der Waals surface area (Å²) >= 11 is 1.84. The Hall–Kier alpha value is -1.12. The topological polar surface area (TPSA) is 12.0 Å². The van der Waals surface area contributed by atoms with Crippen LogP contribution in [0.15, 0.2) is 29.6 Å². The van der Waals surface area contributed by atoms with Gasteiger partial charge in [0.25, 0.3) is 0 Å². The molecule has 0 spiro atoms. The molecule has 0 bridgehead atoms. The van der Waals surface area contributed by atoms with E-state index in [0.717, 1.165) is 13.0 Å². The molecular formula is C17H23NS. The van der Waals surface area contributed by atoms with Gasteiger partial charge in [-0.05, 0) is 61.9 Å². The average molecular weight is 273 g/mol. The van der Waals surface area contributed by atoms with Gasteiger partial charge >= 0.3 is 0 Å². The fourth-order valence-corrected chi connectivity index (χ4v) is 3.55. The van der Waals surface area contributed by atoms with Crippen LogP contribution in [0.1, 0.15) is 40.1 Å². The van der Waals surface area contributed by atoms with Gasteiger partial charge in [0, 0.05) is 10.9 Å². The number of nitrogens with one attached hydrogen (secondary N) is 1. The highest BCUT2D eigenvalue weighted by Gasteiger charge is 2.15. The van der Waals surface area contributed by atoms with Crippen molar-refractivity contribution in [2.24, 2.45) is 0 Å². The van der Waals surface area contributed by atoms with E-state index in [9.17, 15) is 0 Å². The number of thiophene rings is 1. The lowest BCUT2D eigenvalue weighted by atomic mass is 9.94. The normalized spacial score (nSPS) is 12.6. The standard InChI is InChI=1S/C17H23NS/c1-5-18-16(17-7-6-8-19-17)11-15-13(3)9-12(2)10-14(15)4/h6-10,16,18H,5,11H2,1-4H3. The third-order valence-electron chi connectivity index (χ3n) is 3.59. The van der Waals surface area contributed by atoms with Gasteiger partial charge in [-0.2, -0.15) is 0 Å². The average Bonchev–Trinajstić information content (AvgIpc) is 2.85. The lowest BCUT2D eigenvalue weighted by molar-refractivity contribution is 0.556. The molecule has 1 aromatic carbocycles. The molecule has 1 heterocycles. The summed E-state index contributed by atoms with van der Waals surface area (Å²) in [5.74, 6) is 0. The first-order valence-corrected chi connectivity index (χ1v) is 7.83. The number of benzene rings is 1. The van der Waals surface area contributed by atoms with Gasteiger partial charge in [-0.3, -0.25) is 0 Å². The fourth-order valence-electron chi connectivity index (χ4n) is 2.75. The van der Waals surface area contributed by atoms with Crippen molar-refractivity contribution in [1.82, 2.24) is 5.32 Å². The van der Waals surface area contributed by atoms with Crippen molar-refractivity contribution in [3.63, 3.8) is 0 Å². The number of hydrogen-bond donors (Lipinski definition) is 1. The second-order valence-electron chi connectivity index (χ2n) is 5.21. The van der Waals surface area contributed by atoms with E-state index in [1.54, 1.807) is 0 Å². The molecule has 19 heavy (non-hydrogen) atoms. The molecule has 0 fully saturated rings. The van der Waals surface area contributed by atoms with Gasteiger partial charge in [-0.1, -0.05) is 30.7 Å². The summed E-state index contributed by atoms with van der Waals surface area (Å²) in [6.45, 7) is 9.81. The number of hydrogen-bond acceptors (Lipinski definition) is 2. The van der Waals surface area contributed by atoms with E-state index in [4.69, 9.17) is 0 Å². The molecule has 0 radical (unpaired) electrons. The van der Waals surface area contributed by atoms with Crippen LogP contribution < -0.4 is 5.32 Å². The molecule has 1 atom stereocenters. The van der Waals surface area contributed by atoms with Crippen LogP contribution in [0.4, 0.5) is 0 Å². The van der Waals surface area contributed by atoms with Gasteiger partial charge in [-0.15, -0.1) is 11.3 Å². The van der Waals surface area contributed by atoms with E-state index in [0.29, 0.717) is 6.04 Å². The molecule has 2 aromatic rings. The molecule has 2 rings (SSSR count). The molecule has 0 aliphatic heterocycles. The summed E-state index contributed by atoms with van der Waals surface area (Å²) in [6.07, 6.45) is 1.08. The zero-order valence-corrected chi connectivity index (χ0v) is 13.1. The second kappa shape index (κ2) is 6.36. The highest BCUT2D eigenvalue weighted by molar-refractivity contribution is 7.10. The summed E-state index contributed by atoms with van der Waals surface area (Å²) in [4.78, 5) is 1.43. The first-order valence-electron chi connectivity index (χ1n) is 6.95. The molecule has 1 nitrogen and oxygen atoms in total. The molecule has 1 unspecified atom stereocenters. The van der Waals surface area contributed by atoms with E-state index in [1.165, 1.54) is 27.1 Å². The summed E-state index contributed by atoms with van der Waals surface area (Å²) in [7, 11) is 0. The Bertz CT molecular complexity index is 505. The third-order valence-corrected chi connectivity index (χ3v) is 4.57. The van der Waals surface area contributed by atoms with Crippen LogP contribution in [0, 0.1) is 20.8 Å². The van der Waals surface area contributed by atoms with Crippen molar-refractivity contribution in [2.75, 3.05) is 6.54 Å². The van der Waals surface area contributed by atoms with Crippen molar-refractivity contribution in [2.45, 2.75) is 40.2 Å².